The summed E-state index contributed by atoms with van der Waals surface area (Å²) in [6.07, 6.45) is 3.14. The van der Waals surface area contributed by atoms with Gasteiger partial charge in [-0.25, -0.2) is 0 Å². The predicted octanol–water partition coefficient (Wildman–Crippen LogP) is -0.178. The largest absolute Gasteiger partial charge is 0.391 e. The maximum absolute atomic E-state index is 5.33. The monoisotopic (exact) mass is 98.1 g/mol. The Balaban J connectivity index is 2.36. The van der Waals surface area contributed by atoms with Gasteiger partial charge in [0.2, 0.25) is 0 Å². The minimum absolute atomic E-state index is 0.715. The van der Waals surface area contributed by atoms with Crippen LogP contribution in [0.1, 0.15) is 6.42 Å². The SMILES string of the molecule is NCC1=CNCC1. The summed E-state index contributed by atoms with van der Waals surface area (Å²) in [5.74, 6) is 0. The first-order valence-corrected chi connectivity index (χ1v) is 2.55. The lowest BCUT2D eigenvalue weighted by Crippen LogP contribution is -2.00. The average molecular weight is 98.1 g/mol. The van der Waals surface area contributed by atoms with Crippen LogP contribution in [0, 0.1) is 0 Å². The van der Waals surface area contributed by atoms with E-state index in [4.69, 9.17) is 5.73 Å². The Morgan fingerprint density at radius 2 is 2.71 bits per heavy atom. The van der Waals surface area contributed by atoms with Crippen molar-refractivity contribution in [1.82, 2.24) is 5.32 Å². The summed E-state index contributed by atoms with van der Waals surface area (Å²) >= 11 is 0. The second-order valence-corrected chi connectivity index (χ2v) is 1.71. The smallest absolute Gasteiger partial charge is 0.0179 e. The van der Waals surface area contributed by atoms with E-state index in [1.54, 1.807) is 0 Å². The van der Waals surface area contributed by atoms with E-state index >= 15 is 0 Å². The lowest BCUT2D eigenvalue weighted by atomic mass is 10.2. The van der Waals surface area contributed by atoms with E-state index in [2.05, 4.69) is 5.32 Å². The Morgan fingerprint density at radius 3 is 3.00 bits per heavy atom. The van der Waals surface area contributed by atoms with Crippen molar-refractivity contribution in [3.05, 3.63) is 11.8 Å². The summed E-state index contributed by atoms with van der Waals surface area (Å²) in [4.78, 5) is 0. The molecule has 2 nitrogen and oxygen atoms in total. The van der Waals surface area contributed by atoms with Gasteiger partial charge in [-0.1, -0.05) is 0 Å². The molecule has 1 aliphatic heterocycles. The minimum Gasteiger partial charge on any atom is -0.391 e. The van der Waals surface area contributed by atoms with Crippen LogP contribution in [0.3, 0.4) is 0 Å². The summed E-state index contributed by atoms with van der Waals surface area (Å²) in [6, 6.07) is 0. The molecule has 0 amide bonds. The quantitative estimate of drug-likeness (QED) is 0.477. The molecule has 0 saturated carbocycles. The highest BCUT2D eigenvalue weighted by Gasteiger charge is 1.98. The molecule has 0 atom stereocenters. The molecule has 0 unspecified atom stereocenters. The molecule has 1 heterocycles. The molecule has 2 heteroatoms. The Hall–Kier alpha value is -0.500. The van der Waals surface area contributed by atoms with E-state index in [0.717, 1.165) is 13.0 Å². The fourth-order valence-corrected chi connectivity index (χ4v) is 0.682. The Bertz CT molecular complexity index is 86.1. The van der Waals surface area contributed by atoms with Gasteiger partial charge in [0.05, 0.1) is 0 Å². The van der Waals surface area contributed by atoms with Crippen LogP contribution in [0.2, 0.25) is 0 Å². The second-order valence-electron chi connectivity index (χ2n) is 1.71. The van der Waals surface area contributed by atoms with E-state index in [9.17, 15) is 0 Å². The zero-order valence-corrected chi connectivity index (χ0v) is 4.28. The van der Waals surface area contributed by atoms with E-state index < -0.39 is 0 Å². The van der Waals surface area contributed by atoms with Gasteiger partial charge in [-0.2, -0.15) is 0 Å². The number of hydrogen-bond acceptors (Lipinski definition) is 2. The topological polar surface area (TPSA) is 38.0 Å². The van der Waals surface area contributed by atoms with Gasteiger partial charge in [0.25, 0.3) is 0 Å². The number of hydrogen-bond donors (Lipinski definition) is 2. The Kier molecular flexibility index (Phi) is 1.32. The van der Waals surface area contributed by atoms with E-state index in [-0.39, 0.29) is 0 Å². The number of rotatable bonds is 1. The van der Waals surface area contributed by atoms with Gasteiger partial charge >= 0.3 is 0 Å². The highest BCUT2D eigenvalue weighted by Crippen LogP contribution is 2.00. The maximum atomic E-state index is 5.33. The molecular formula is C5H10N2. The van der Waals surface area contributed by atoms with Gasteiger partial charge in [0.1, 0.15) is 0 Å². The molecule has 0 fully saturated rings. The fraction of sp³-hybridized carbons (Fsp3) is 0.600. The Labute approximate surface area is 43.4 Å². The lowest BCUT2D eigenvalue weighted by Gasteiger charge is -1.87. The molecule has 1 aliphatic rings. The molecule has 0 radical (unpaired) electrons. The van der Waals surface area contributed by atoms with E-state index in [1.807, 2.05) is 6.20 Å². The zero-order valence-electron chi connectivity index (χ0n) is 4.28. The van der Waals surface area contributed by atoms with Crippen LogP contribution in [0.5, 0.6) is 0 Å². The second kappa shape index (κ2) is 1.98. The van der Waals surface area contributed by atoms with Crippen LogP contribution in [-0.4, -0.2) is 13.1 Å². The van der Waals surface area contributed by atoms with Crippen molar-refractivity contribution in [2.75, 3.05) is 13.1 Å². The lowest BCUT2D eigenvalue weighted by molar-refractivity contribution is 0.895. The van der Waals surface area contributed by atoms with Crippen molar-refractivity contribution in [2.45, 2.75) is 6.42 Å². The average Bonchev–Trinajstić information content (AvgIpc) is 2.14. The molecule has 0 aliphatic carbocycles. The summed E-state index contributed by atoms with van der Waals surface area (Å²) in [7, 11) is 0. The summed E-state index contributed by atoms with van der Waals surface area (Å²) < 4.78 is 0. The van der Waals surface area contributed by atoms with Crippen molar-refractivity contribution in [3.63, 3.8) is 0 Å². The highest BCUT2D eigenvalue weighted by molar-refractivity contribution is 5.07. The standard InChI is InChI=1S/C5H10N2/c6-3-5-1-2-7-4-5/h4,7H,1-3,6H2. The van der Waals surface area contributed by atoms with Crippen molar-refractivity contribution >= 4 is 0 Å². The third-order valence-electron chi connectivity index (χ3n) is 1.16. The van der Waals surface area contributed by atoms with Crippen LogP contribution >= 0.6 is 0 Å². The number of nitrogens with two attached hydrogens (primary N) is 1. The molecule has 40 valence electrons. The van der Waals surface area contributed by atoms with Gasteiger partial charge in [-0.05, 0) is 18.2 Å². The predicted molar refractivity (Wildman–Crippen MR) is 29.8 cm³/mol. The molecule has 3 N–H and O–H groups in total. The van der Waals surface area contributed by atoms with Gasteiger partial charge in [-0.15, -0.1) is 0 Å². The van der Waals surface area contributed by atoms with Crippen LogP contribution in [0.15, 0.2) is 11.8 Å². The van der Waals surface area contributed by atoms with Crippen LogP contribution < -0.4 is 11.1 Å². The fourth-order valence-electron chi connectivity index (χ4n) is 0.682. The number of nitrogens with one attached hydrogen (secondary N) is 1. The van der Waals surface area contributed by atoms with Gasteiger partial charge in [0.15, 0.2) is 0 Å². The third kappa shape index (κ3) is 0.933. The molecule has 0 spiro atoms. The molecule has 0 aromatic rings. The van der Waals surface area contributed by atoms with Crippen molar-refractivity contribution in [2.24, 2.45) is 5.73 Å². The van der Waals surface area contributed by atoms with Crippen molar-refractivity contribution in [3.8, 4) is 0 Å². The van der Waals surface area contributed by atoms with E-state index in [0.29, 0.717) is 6.54 Å². The molecule has 0 bridgehead atoms. The van der Waals surface area contributed by atoms with Gasteiger partial charge in [-0.3, -0.25) is 0 Å². The van der Waals surface area contributed by atoms with Crippen LogP contribution in [-0.2, 0) is 0 Å². The van der Waals surface area contributed by atoms with Crippen molar-refractivity contribution in [1.29, 1.82) is 0 Å². The summed E-state index contributed by atoms with van der Waals surface area (Å²) in [6.45, 7) is 1.79. The van der Waals surface area contributed by atoms with Crippen LogP contribution in [0.4, 0.5) is 0 Å². The zero-order chi connectivity index (χ0) is 5.11. The molecule has 1 rings (SSSR count). The van der Waals surface area contributed by atoms with Crippen LogP contribution in [0.25, 0.3) is 0 Å². The minimum atomic E-state index is 0.715. The van der Waals surface area contributed by atoms with Gasteiger partial charge in [0, 0.05) is 13.1 Å². The van der Waals surface area contributed by atoms with Crippen molar-refractivity contribution < 1.29 is 0 Å². The first-order valence-electron chi connectivity index (χ1n) is 2.55. The molecular weight excluding hydrogens is 88.1 g/mol. The summed E-state index contributed by atoms with van der Waals surface area (Å²) in [5, 5.41) is 3.08. The van der Waals surface area contributed by atoms with Gasteiger partial charge < -0.3 is 11.1 Å². The maximum Gasteiger partial charge on any atom is 0.0179 e. The molecule has 7 heavy (non-hydrogen) atoms. The molecule has 0 saturated heterocycles. The molecule has 0 aromatic carbocycles. The highest BCUT2D eigenvalue weighted by atomic mass is 14.9. The molecule has 0 aromatic heterocycles. The first-order chi connectivity index (χ1) is 3.43. The normalized spacial score (nSPS) is 18.7. The third-order valence-corrected chi connectivity index (χ3v) is 1.16. The Morgan fingerprint density at radius 1 is 1.86 bits per heavy atom. The first kappa shape index (κ1) is 4.65. The van der Waals surface area contributed by atoms with E-state index in [1.165, 1.54) is 5.57 Å². The summed E-state index contributed by atoms with van der Waals surface area (Å²) in [5.41, 5.74) is 6.66.